The van der Waals surface area contributed by atoms with Gasteiger partial charge in [-0.2, -0.15) is 16.9 Å². The first kappa shape index (κ1) is 18.5. The average molecular weight is 335 g/mol. The van der Waals surface area contributed by atoms with Gasteiger partial charge in [0.15, 0.2) is 0 Å². The van der Waals surface area contributed by atoms with Crippen molar-refractivity contribution >= 4 is 21.8 Å². The molecule has 0 saturated heterocycles. The smallest absolute Gasteiger partial charge is 0.243 e. The third-order valence-corrected chi connectivity index (χ3v) is 5.43. The Morgan fingerprint density at radius 2 is 2.10 bits per heavy atom. The second kappa shape index (κ2) is 8.77. The molecular formula is C13H26N4O2S2. The number of aromatic nitrogens is 2. The molecule has 2 N–H and O–H groups in total. The molecule has 1 atom stereocenters. The molecule has 0 saturated carbocycles. The predicted molar refractivity (Wildman–Crippen MR) is 88.1 cm³/mol. The van der Waals surface area contributed by atoms with E-state index in [-0.39, 0.29) is 10.9 Å². The molecule has 1 unspecified atom stereocenters. The molecule has 0 aliphatic heterocycles. The predicted octanol–water partition coefficient (Wildman–Crippen LogP) is 1.30. The van der Waals surface area contributed by atoms with Gasteiger partial charge in [0.25, 0.3) is 0 Å². The molecule has 21 heavy (non-hydrogen) atoms. The zero-order valence-electron chi connectivity index (χ0n) is 13.2. The molecule has 0 aliphatic carbocycles. The molecule has 1 aromatic rings. The number of sulfonamides is 1. The topological polar surface area (TPSA) is 76.0 Å². The standard InChI is InChI=1S/C13H26N4O2S2/c1-5-20-10-12(4)16-21(18,19)13-8-15-17(9-13)7-6-14-11(2)3/h8-9,11-12,14,16H,5-7,10H2,1-4H3. The Bertz CT molecular complexity index is 514. The Morgan fingerprint density at radius 3 is 2.71 bits per heavy atom. The van der Waals surface area contributed by atoms with E-state index < -0.39 is 10.0 Å². The van der Waals surface area contributed by atoms with Crippen molar-refractivity contribution in [2.24, 2.45) is 0 Å². The maximum Gasteiger partial charge on any atom is 0.243 e. The molecule has 0 aliphatic rings. The summed E-state index contributed by atoms with van der Waals surface area (Å²) in [5, 5.41) is 7.37. The molecule has 0 radical (unpaired) electrons. The first-order chi connectivity index (χ1) is 9.85. The highest BCUT2D eigenvalue weighted by molar-refractivity contribution is 7.99. The summed E-state index contributed by atoms with van der Waals surface area (Å²) in [5.41, 5.74) is 0. The van der Waals surface area contributed by atoms with Crippen molar-refractivity contribution in [1.82, 2.24) is 19.8 Å². The van der Waals surface area contributed by atoms with E-state index in [9.17, 15) is 8.42 Å². The van der Waals surface area contributed by atoms with Crippen molar-refractivity contribution < 1.29 is 8.42 Å². The van der Waals surface area contributed by atoms with Gasteiger partial charge in [-0.15, -0.1) is 0 Å². The summed E-state index contributed by atoms with van der Waals surface area (Å²) in [6.45, 7) is 9.47. The van der Waals surface area contributed by atoms with Crippen LogP contribution in [0.25, 0.3) is 0 Å². The van der Waals surface area contributed by atoms with Gasteiger partial charge in [-0.25, -0.2) is 13.1 Å². The molecule has 6 nitrogen and oxygen atoms in total. The van der Waals surface area contributed by atoms with Crippen LogP contribution in [0.3, 0.4) is 0 Å². The Morgan fingerprint density at radius 1 is 1.38 bits per heavy atom. The Hall–Kier alpha value is -0.570. The van der Waals surface area contributed by atoms with Crippen LogP contribution in [0.4, 0.5) is 0 Å². The molecule has 1 heterocycles. The highest BCUT2D eigenvalue weighted by atomic mass is 32.2. The molecular weight excluding hydrogens is 308 g/mol. The quantitative estimate of drug-likeness (QED) is 0.674. The Kier molecular flexibility index (Phi) is 7.72. The number of hydrogen-bond acceptors (Lipinski definition) is 5. The highest BCUT2D eigenvalue weighted by Crippen LogP contribution is 2.09. The van der Waals surface area contributed by atoms with Crippen molar-refractivity contribution in [3.63, 3.8) is 0 Å². The molecule has 0 amide bonds. The first-order valence-electron chi connectivity index (χ1n) is 7.21. The average Bonchev–Trinajstić information content (AvgIpc) is 2.85. The van der Waals surface area contributed by atoms with Crippen LogP contribution >= 0.6 is 11.8 Å². The van der Waals surface area contributed by atoms with Crippen molar-refractivity contribution in [2.45, 2.75) is 51.2 Å². The summed E-state index contributed by atoms with van der Waals surface area (Å²) in [4.78, 5) is 0.223. The van der Waals surface area contributed by atoms with Gasteiger partial charge in [0.1, 0.15) is 4.90 Å². The lowest BCUT2D eigenvalue weighted by atomic mass is 10.4. The maximum atomic E-state index is 12.2. The third-order valence-electron chi connectivity index (χ3n) is 2.74. The monoisotopic (exact) mass is 334 g/mol. The number of thioether (sulfide) groups is 1. The van der Waals surface area contributed by atoms with Gasteiger partial charge in [-0.05, 0) is 12.7 Å². The van der Waals surface area contributed by atoms with Gasteiger partial charge in [0, 0.05) is 30.6 Å². The molecule has 8 heteroatoms. The summed E-state index contributed by atoms with van der Waals surface area (Å²) in [7, 11) is -3.48. The normalized spacial score (nSPS) is 13.8. The summed E-state index contributed by atoms with van der Waals surface area (Å²) in [5.74, 6) is 1.75. The van der Waals surface area contributed by atoms with E-state index in [1.165, 1.54) is 6.20 Å². The summed E-state index contributed by atoms with van der Waals surface area (Å²) < 4.78 is 28.7. The lowest BCUT2D eigenvalue weighted by molar-refractivity contribution is 0.514. The van der Waals surface area contributed by atoms with Gasteiger partial charge in [0.05, 0.1) is 12.7 Å². The van der Waals surface area contributed by atoms with Crippen LogP contribution in [0, 0.1) is 0 Å². The zero-order valence-corrected chi connectivity index (χ0v) is 14.8. The van der Waals surface area contributed by atoms with Crippen LogP contribution in [0.15, 0.2) is 17.3 Å². The number of nitrogens with one attached hydrogen (secondary N) is 2. The van der Waals surface area contributed by atoms with E-state index in [2.05, 4.69) is 35.9 Å². The second-order valence-corrected chi connectivity index (χ2v) is 8.26. The molecule has 0 spiro atoms. The lowest BCUT2D eigenvalue weighted by Crippen LogP contribution is -2.34. The molecule has 0 bridgehead atoms. The van der Waals surface area contributed by atoms with Crippen molar-refractivity contribution in [3.05, 3.63) is 12.4 Å². The summed E-state index contributed by atoms with van der Waals surface area (Å²) in [6, 6.07) is 0.313. The maximum absolute atomic E-state index is 12.2. The van der Waals surface area contributed by atoms with E-state index in [1.807, 2.05) is 6.92 Å². The third kappa shape index (κ3) is 6.82. The Balaban J connectivity index is 2.57. The van der Waals surface area contributed by atoms with Crippen LogP contribution in [0.1, 0.15) is 27.7 Å². The minimum absolute atomic E-state index is 0.0918. The van der Waals surface area contributed by atoms with Gasteiger partial charge < -0.3 is 5.32 Å². The fourth-order valence-corrected chi connectivity index (χ4v) is 3.71. The molecule has 1 rings (SSSR count). The Labute approximate surface area is 132 Å². The minimum atomic E-state index is -3.48. The fourth-order valence-electron chi connectivity index (χ4n) is 1.73. The van der Waals surface area contributed by atoms with Gasteiger partial charge in [-0.3, -0.25) is 4.68 Å². The molecule has 0 fully saturated rings. The van der Waals surface area contributed by atoms with Gasteiger partial charge >= 0.3 is 0 Å². The zero-order chi connectivity index (χ0) is 15.9. The van der Waals surface area contributed by atoms with E-state index in [4.69, 9.17) is 0 Å². The van der Waals surface area contributed by atoms with Crippen LogP contribution in [-0.4, -0.2) is 48.3 Å². The van der Waals surface area contributed by atoms with Crippen LogP contribution < -0.4 is 10.0 Å². The fraction of sp³-hybridized carbons (Fsp3) is 0.769. The highest BCUT2D eigenvalue weighted by Gasteiger charge is 2.19. The van der Waals surface area contributed by atoms with Crippen LogP contribution in [0.5, 0.6) is 0 Å². The SMILES string of the molecule is CCSCC(C)NS(=O)(=O)c1cnn(CCNC(C)C)c1. The first-order valence-corrected chi connectivity index (χ1v) is 9.85. The van der Waals surface area contributed by atoms with Gasteiger partial charge in [-0.1, -0.05) is 20.8 Å². The van der Waals surface area contributed by atoms with Crippen molar-refractivity contribution in [3.8, 4) is 0 Å². The number of hydrogen-bond donors (Lipinski definition) is 2. The van der Waals surface area contributed by atoms with Crippen LogP contribution in [-0.2, 0) is 16.6 Å². The molecule has 122 valence electrons. The molecule has 0 aromatic carbocycles. The van der Waals surface area contributed by atoms with Crippen molar-refractivity contribution in [2.75, 3.05) is 18.1 Å². The van der Waals surface area contributed by atoms with E-state index in [1.54, 1.807) is 22.6 Å². The minimum Gasteiger partial charge on any atom is -0.313 e. The van der Waals surface area contributed by atoms with Gasteiger partial charge in [0.2, 0.25) is 10.0 Å². The van der Waals surface area contributed by atoms with E-state index in [0.29, 0.717) is 12.6 Å². The van der Waals surface area contributed by atoms with E-state index >= 15 is 0 Å². The lowest BCUT2D eigenvalue weighted by Gasteiger charge is -2.12. The summed E-state index contributed by atoms with van der Waals surface area (Å²) in [6.07, 6.45) is 2.97. The summed E-state index contributed by atoms with van der Waals surface area (Å²) >= 11 is 1.72. The van der Waals surface area contributed by atoms with Crippen molar-refractivity contribution in [1.29, 1.82) is 0 Å². The number of rotatable bonds is 10. The molecule has 1 aromatic heterocycles. The van der Waals surface area contributed by atoms with E-state index in [0.717, 1.165) is 18.1 Å². The largest absolute Gasteiger partial charge is 0.313 e. The van der Waals surface area contributed by atoms with Crippen LogP contribution in [0.2, 0.25) is 0 Å². The number of nitrogens with zero attached hydrogens (tertiary/aromatic N) is 2. The second-order valence-electron chi connectivity index (χ2n) is 5.23.